The van der Waals surface area contributed by atoms with Gasteiger partial charge in [0.05, 0.1) is 27.4 Å². The van der Waals surface area contributed by atoms with Crippen LogP contribution in [0.4, 0.5) is 0 Å². The topological polar surface area (TPSA) is 80.6 Å². The van der Waals surface area contributed by atoms with Gasteiger partial charge in [-0.15, -0.1) is 0 Å². The van der Waals surface area contributed by atoms with Crippen LogP contribution in [0.5, 0.6) is 17.2 Å². The van der Waals surface area contributed by atoms with E-state index in [0.717, 1.165) is 5.56 Å². The highest BCUT2D eigenvalue weighted by Gasteiger charge is 2.17. The van der Waals surface area contributed by atoms with Crippen LogP contribution in [0.25, 0.3) is 0 Å². The van der Waals surface area contributed by atoms with Gasteiger partial charge >= 0.3 is 0 Å². The molecule has 0 aliphatic carbocycles. The average molecular weight is 306 g/mol. The highest BCUT2D eigenvalue weighted by atomic mass is 16.5. The highest BCUT2D eigenvalue weighted by Crippen LogP contribution is 2.40. The summed E-state index contributed by atoms with van der Waals surface area (Å²) in [6.07, 6.45) is 1.34. The van der Waals surface area contributed by atoms with Crippen LogP contribution in [0.3, 0.4) is 0 Å². The SMILES string of the molecule is CCC(C#N)NC(=O)CCc1ccc(OC)c(OC)c1OC. The van der Waals surface area contributed by atoms with Gasteiger partial charge in [0.15, 0.2) is 11.5 Å². The van der Waals surface area contributed by atoms with E-state index in [2.05, 4.69) is 5.32 Å². The number of hydrogen-bond donors (Lipinski definition) is 1. The van der Waals surface area contributed by atoms with Crippen LogP contribution >= 0.6 is 0 Å². The molecule has 0 fully saturated rings. The standard InChI is InChI=1S/C16H22N2O4/c1-5-12(10-17)18-14(19)9-7-11-6-8-13(20-2)16(22-4)15(11)21-3/h6,8,12H,5,7,9H2,1-4H3,(H,18,19). The zero-order valence-corrected chi connectivity index (χ0v) is 13.4. The molecule has 0 bridgehead atoms. The molecule has 6 nitrogen and oxygen atoms in total. The van der Waals surface area contributed by atoms with E-state index in [1.54, 1.807) is 20.3 Å². The van der Waals surface area contributed by atoms with Crippen LogP contribution < -0.4 is 19.5 Å². The summed E-state index contributed by atoms with van der Waals surface area (Å²) in [6.45, 7) is 1.85. The first-order valence-corrected chi connectivity index (χ1v) is 7.08. The molecule has 1 rings (SSSR count). The normalized spacial score (nSPS) is 11.2. The zero-order valence-electron chi connectivity index (χ0n) is 13.4. The van der Waals surface area contributed by atoms with Gasteiger partial charge in [0.2, 0.25) is 11.7 Å². The molecule has 0 radical (unpaired) electrons. The van der Waals surface area contributed by atoms with E-state index in [1.807, 2.05) is 19.1 Å². The van der Waals surface area contributed by atoms with Crippen molar-refractivity contribution in [2.24, 2.45) is 0 Å². The molecule has 0 aromatic heterocycles. The molecule has 1 aromatic carbocycles. The number of aryl methyl sites for hydroxylation is 1. The maximum atomic E-state index is 11.9. The lowest BCUT2D eigenvalue weighted by atomic mass is 10.1. The molecule has 0 aliphatic rings. The second kappa shape index (κ2) is 8.78. The van der Waals surface area contributed by atoms with Crippen molar-refractivity contribution in [3.8, 4) is 23.3 Å². The van der Waals surface area contributed by atoms with Gasteiger partial charge in [0, 0.05) is 6.42 Å². The number of rotatable bonds is 8. The van der Waals surface area contributed by atoms with Crippen molar-refractivity contribution in [3.63, 3.8) is 0 Å². The predicted octanol–water partition coefficient (Wildman–Crippen LogP) is 2.06. The summed E-state index contributed by atoms with van der Waals surface area (Å²) in [5, 5.41) is 11.5. The first-order chi connectivity index (χ1) is 10.6. The minimum Gasteiger partial charge on any atom is -0.493 e. The van der Waals surface area contributed by atoms with Gasteiger partial charge < -0.3 is 19.5 Å². The Hall–Kier alpha value is -2.42. The molecule has 1 unspecified atom stereocenters. The highest BCUT2D eigenvalue weighted by molar-refractivity contribution is 5.77. The van der Waals surface area contributed by atoms with E-state index in [4.69, 9.17) is 19.5 Å². The van der Waals surface area contributed by atoms with Gasteiger partial charge in [-0.2, -0.15) is 5.26 Å². The molecule has 0 saturated carbocycles. The Morgan fingerprint density at radius 3 is 2.41 bits per heavy atom. The number of amides is 1. The molecule has 1 N–H and O–H groups in total. The van der Waals surface area contributed by atoms with Crippen molar-refractivity contribution in [2.45, 2.75) is 32.2 Å². The van der Waals surface area contributed by atoms with Crippen molar-refractivity contribution in [1.29, 1.82) is 5.26 Å². The summed E-state index contributed by atoms with van der Waals surface area (Å²) >= 11 is 0. The third-order valence-electron chi connectivity index (χ3n) is 3.31. The number of benzene rings is 1. The second-order valence-electron chi connectivity index (χ2n) is 4.65. The van der Waals surface area contributed by atoms with Crippen LogP contribution in [-0.2, 0) is 11.2 Å². The fraction of sp³-hybridized carbons (Fsp3) is 0.500. The van der Waals surface area contributed by atoms with E-state index in [0.29, 0.717) is 30.1 Å². The second-order valence-corrected chi connectivity index (χ2v) is 4.65. The first kappa shape index (κ1) is 17.6. The number of nitriles is 1. The predicted molar refractivity (Wildman–Crippen MR) is 82.3 cm³/mol. The van der Waals surface area contributed by atoms with Crippen LogP contribution in [0.1, 0.15) is 25.3 Å². The molecule has 0 aliphatic heterocycles. The summed E-state index contributed by atoms with van der Waals surface area (Å²) in [5.74, 6) is 1.47. The smallest absolute Gasteiger partial charge is 0.221 e. The largest absolute Gasteiger partial charge is 0.493 e. The van der Waals surface area contributed by atoms with Gasteiger partial charge in [-0.3, -0.25) is 4.79 Å². The van der Waals surface area contributed by atoms with Crippen LogP contribution in [0.15, 0.2) is 12.1 Å². The number of nitrogens with zero attached hydrogens (tertiary/aromatic N) is 1. The van der Waals surface area contributed by atoms with Gasteiger partial charge in [-0.05, 0) is 24.5 Å². The van der Waals surface area contributed by atoms with Gasteiger partial charge in [0.1, 0.15) is 6.04 Å². The summed E-state index contributed by atoms with van der Waals surface area (Å²) in [6, 6.07) is 5.22. The maximum absolute atomic E-state index is 11.9. The van der Waals surface area contributed by atoms with Crippen LogP contribution in [-0.4, -0.2) is 33.3 Å². The average Bonchev–Trinajstić information content (AvgIpc) is 2.56. The third-order valence-corrected chi connectivity index (χ3v) is 3.31. The summed E-state index contributed by atoms with van der Waals surface area (Å²) in [4.78, 5) is 11.9. The number of hydrogen-bond acceptors (Lipinski definition) is 5. The minimum absolute atomic E-state index is 0.162. The fourth-order valence-corrected chi connectivity index (χ4v) is 2.10. The van der Waals surface area contributed by atoms with Gasteiger partial charge in [-0.1, -0.05) is 13.0 Å². The Bertz CT molecular complexity index is 552. The maximum Gasteiger partial charge on any atom is 0.221 e. The lowest BCUT2D eigenvalue weighted by molar-refractivity contribution is -0.121. The molecule has 22 heavy (non-hydrogen) atoms. The van der Waals surface area contributed by atoms with Gasteiger partial charge in [0.25, 0.3) is 0 Å². The van der Waals surface area contributed by atoms with E-state index in [-0.39, 0.29) is 12.3 Å². The lowest BCUT2D eigenvalue weighted by Gasteiger charge is -2.16. The van der Waals surface area contributed by atoms with Crippen molar-refractivity contribution < 1.29 is 19.0 Å². The molecule has 6 heteroatoms. The zero-order chi connectivity index (χ0) is 16.5. The van der Waals surface area contributed by atoms with Crippen molar-refractivity contribution in [3.05, 3.63) is 17.7 Å². The minimum atomic E-state index is -0.445. The molecule has 120 valence electrons. The Morgan fingerprint density at radius 2 is 1.91 bits per heavy atom. The van der Waals surface area contributed by atoms with Crippen molar-refractivity contribution in [2.75, 3.05) is 21.3 Å². The molecular weight excluding hydrogens is 284 g/mol. The van der Waals surface area contributed by atoms with E-state index in [9.17, 15) is 4.79 Å². The van der Waals surface area contributed by atoms with Crippen molar-refractivity contribution >= 4 is 5.91 Å². The fourth-order valence-electron chi connectivity index (χ4n) is 2.10. The number of ether oxygens (including phenoxy) is 3. The Labute approximate surface area is 131 Å². The Balaban J connectivity index is 2.82. The molecule has 1 aromatic rings. The number of methoxy groups -OCH3 is 3. The van der Waals surface area contributed by atoms with Crippen molar-refractivity contribution in [1.82, 2.24) is 5.32 Å². The Kier molecular flexibility index (Phi) is 7.03. The quantitative estimate of drug-likeness (QED) is 0.795. The van der Waals surface area contributed by atoms with E-state index in [1.165, 1.54) is 7.11 Å². The number of carbonyl (C=O) groups excluding carboxylic acids is 1. The van der Waals surface area contributed by atoms with Crippen LogP contribution in [0.2, 0.25) is 0 Å². The molecule has 1 amide bonds. The van der Waals surface area contributed by atoms with E-state index < -0.39 is 6.04 Å². The summed E-state index contributed by atoms with van der Waals surface area (Å²) in [7, 11) is 4.64. The van der Waals surface area contributed by atoms with Gasteiger partial charge in [-0.25, -0.2) is 0 Å². The summed E-state index contributed by atoms with van der Waals surface area (Å²) < 4.78 is 15.9. The molecular formula is C16H22N2O4. The molecule has 0 saturated heterocycles. The number of carbonyl (C=O) groups is 1. The Morgan fingerprint density at radius 1 is 1.23 bits per heavy atom. The molecule has 0 spiro atoms. The lowest BCUT2D eigenvalue weighted by Crippen LogP contribution is -2.33. The summed E-state index contributed by atoms with van der Waals surface area (Å²) in [5.41, 5.74) is 0.848. The van der Waals surface area contributed by atoms with Crippen LogP contribution in [0, 0.1) is 11.3 Å². The van der Waals surface area contributed by atoms with E-state index >= 15 is 0 Å². The monoisotopic (exact) mass is 306 g/mol. The number of nitrogens with one attached hydrogen (secondary N) is 1. The first-order valence-electron chi connectivity index (χ1n) is 7.08. The third kappa shape index (κ3) is 4.29. The molecule has 1 atom stereocenters. The molecule has 0 heterocycles.